The number of nitrogens with one attached hydrogen (secondary N) is 1. The maximum absolute atomic E-state index is 12.4. The molecule has 0 aromatic carbocycles. The van der Waals surface area contributed by atoms with E-state index in [1.54, 1.807) is 0 Å². The standard InChI is InChI=1S/C13H20N2O5/c1-7-8(2-4-14-7)11(16)15-5-3-9(12(17)18)10(6-15)13(19)20/h7-10,14H,2-6H2,1H3,(H,17,18)(H,19,20). The monoisotopic (exact) mass is 284 g/mol. The van der Waals surface area contributed by atoms with Gasteiger partial charge < -0.3 is 20.4 Å². The molecule has 2 aliphatic rings. The van der Waals surface area contributed by atoms with Crippen LogP contribution in [0.4, 0.5) is 0 Å². The topological polar surface area (TPSA) is 107 Å². The summed E-state index contributed by atoms with van der Waals surface area (Å²) in [6.45, 7) is 3.04. The molecule has 1 amide bonds. The Balaban J connectivity index is 2.06. The lowest BCUT2D eigenvalue weighted by Gasteiger charge is -2.36. The Hall–Kier alpha value is -1.63. The average molecular weight is 284 g/mol. The molecule has 0 aromatic heterocycles. The van der Waals surface area contributed by atoms with Crippen molar-refractivity contribution in [1.82, 2.24) is 10.2 Å². The molecule has 0 aliphatic carbocycles. The van der Waals surface area contributed by atoms with Gasteiger partial charge in [-0.1, -0.05) is 0 Å². The second-order valence-electron chi connectivity index (χ2n) is 5.60. The van der Waals surface area contributed by atoms with Crippen molar-refractivity contribution in [2.45, 2.75) is 25.8 Å². The molecule has 0 bridgehead atoms. The molecule has 2 aliphatic heterocycles. The van der Waals surface area contributed by atoms with Crippen LogP contribution in [-0.2, 0) is 14.4 Å². The lowest BCUT2D eigenvalue weighted by Crippen LogP contribution is -2.51. The van der Waals surface area contributed by atoms with Crippen molar-refractivity contribution in [1.29, 1.82) is 0 Å². The number of carbonyl (C=O) groups excluding carboxylic acids is 1. The number of hydrogen-bond donors (Lipinski definition) is 3. The van der Waals surface area contributed by atoms with Crippen LogP contribution in [0.1, 0.15) is 19.8 Å². The van der Waals surface area contributed by atoms with Gasteiger partial charge in [0.05, 0.1) is 17.8 Å². The summed E-state index contributed by atoms with van der Waals surface area (Å²) >= 11 is 0. The summed E-state index contributed by atoms with van der Waals surface area (Å²) in [7, 11) is 0. The van der Waals surface area contributed by atoms with Crippen molar-refractivity contribution in [3.05, 3.63) is 0 Å². The Labute approximate surface area is 116 Å². The number of amides is 1. The molecular formula is C13H20N2O5. The van der Waals surface area contributed by atoms with Crippen LogP contribution in [-0.4, -0.2) is 58.6 Å². The van der Waals surface area contributed by atoms with Crippen molar-refractivity contribution < 1.29 is 24.6 Å². The summed E-state index contributed by atoms with van der Waals surface area (Å²) in [4.78, 5) is 36.2. The van der Waals surface area contributed by atoms with Gasteiger partial charge in [0.2, 0.25) is 5.91 Å². The SMILES string of the molecule is CC1NCCC1C(=O)N1CCC(C(=O)O)C(C(=O)O)C1. The zero-order valence-corrected chi connectivity index (χ0v) is 11.4. The highest BCUT2D eigenvalue weighted by Crippen LogP contribution is 2.27. The first kappa shape index (κ1) is 14.8. The molecule has 3 N–H and O–H groups in total. The fourth-order valence-electron chi connectivity index (χ4n) is 3.13. The molecule has 7 nitrogen and oxygen atoms in total. The molecule has 2 fully saturated rings. The predicted molar refractivity (Wildman–Crippen MR) is 69.0 cm³/mol. The fraction of sp³-hybridized carbons (Fsp3) is 0.769. The van der Waals surface area contributed by atoms with Crippen LogP contribution in [0.15, 0.2) is 0 Å². The number of piperidine rings is 1. The molecule has 20 heavy (non-hydrogen) atoms. The van der Waals surface area contributed by atoms with E-state index in [0.29, 0.717) is 6.54 Å². The molecular weight excluding hydrogens is 264 g/mol. The first-order valence-electron chi connectivity index (χ1n) is 6.89. The van der Waals surface area contributed by atoms with Crippen LogP contribution in [0.2, 0.25) is 0 Å². The molecule has 0 saturated carbocycles. The minimum atomic E-state index is -1.15. The minimum Gasteiger partial charge on any atom is -0.481 e. The summed E-state index contributed by atoms with van der Waals surface area (Å²) in [5, 5.41) is 21.4. The average Bonchev–Trinajstić information content (AvgIpc) is 2.83. The summed E-state index contributed by atoms with van der Waals surface area (Å²) in [5.41, 5.74) is 0. The maximum Gasteiger partial charge on any atom is 0.309 e. The minimum absolute atomic E-state index is 0.00560. The third kappa shape index (κ3) is 2.77. The summed E-state index contributed by atoms with van der Waals surface area (Å²) in [6.07, 6.45) is 0.948. The normalized spacial score (nSPS) is 34.0. The Morgan fingerprint density at radius 3 is 2.20 bits per heavy atom. The van der Waals surface area contributed by atoms with Crippen molar-refractivity contribution in [3.63, 3.8) is 0 Å². The third-order valence-electron chi connectivity index (χ3n) is 4.40. The van der Waals surface area contributed by atoms with E-state index in [-0.39, 0.29) is 30.8 Å². The highest BCUT2D eigenvalue weighted by molar-refractivity contribution is 5.84. The van der Waals surface area contributed by atoms with Crippen LogP contribution in [0, 0.1) is 17.8 Å². The molecule has 2 rings (SSSR count). The molecule has 2 heterocycles. The quantitative estimate of drug-likeness (QED) is 0.652. The van der Waals surface area contributed by atoms with Gasteiger partial charge in [-0.3, -0.25) is 14.4 Å². The van der Waals surface area contributed by atoms with Gasteiger partial charge in [0.15, 0.2) is 0 Å². The smallest absolute Gasteiger partial charge is 0.309 e. The van der Waals surface area contributed by atoms with Crippen molar-refractivity contribution >= 4 is 17.8 Å². The summed E-state index contributed by atoms with van der Waals surface area (Å²) in [5.74, 6) is -4.36. The third-order valence-corrected chi connectivity index (χ3v) is 4.40. The van der Waals surface area contributed by atoms with Crippen LogP contribution >= 0.6 is 0 Å². The van der Waals surface area contributed by atoms with Gasteiger partial charge in [-0.15, -0.1) is 0 Å². The van der Waals surface area contributed by atoms with Crippen LogP contribution in [0.3, 0.4) is 0 Å². The second-order valence-corrected chi connectivity index (χ2v) is 5.60. The molecule has 0 radical (unpaired) electrons. The number of carboxylic acid groups (broad SMARTS) is 2. The predicted octanol–water partition coefficient (Wildman–Crippen LogP) is -0.382. The second kappa shape index (κ2) is 5.78. The first-order chi connectivity index (χ1) is 9.41. The zero-order valence-electron chi connectivity index (χ0n) is 11.4. The van der Waals surface area contributed by atoms with Gasteiger partial charge in [-0.05, 0) is 26.3 Å². The van der Waals surface area contributed by atoms with E-state index in [1.165, 1.54) is 4.90 Å². The highest BCUT2D eigenvalue weighted by Gasteiger charge is 2.42. The number of carboxylic acids is 2. The highest BCUT2D eigenvalue weighted by atomic mass is 16.4. The molecule has 0 spiro atoms. The number of hydrogen-bond acceptors (Lipinski definition) is 4. The maximum atomic E-state index is 12.4. The number of aliphatic carboxylic acids is 2. The Morgan fingerprint density at radius 2 is 1.70 bits per heavy atom. The molecule has 4 atom stereocenters. The van der Waals surface area contributed by atoms with E-state index in [1.807, 2.05) is 6.92 Å². The number of nitrogens with zero attached hydrogens (tertiary/aromatic N) is 1. The van der Waals surface area contributed by atoms with Gasteiger partial charge in [0, 0.05) is 19.1 Å². The number of rotatable bonds is 3. The zero-order chi connectivity index (χ0) is 14.9. The van der Waals surface area contributed by atoms with E-state index < -0.39 is 23.8 Å². The van der Waals surface area contributed by atoms with Crippen molar-refractivity contribution in [2.75, 3.05) is 19.6 Å². The molecule has 7 heteroatoms. The van der Waals surface area contributed by atoms with Crippen LogP contribution in [0.25, 0.3) is 0 Å². The Bertz CT molecular complexity index is 425. The number of carbonyl (C=O) groups is 3. The van der Waals surface area contributed by atoms with E-state index >= 15 is 0 Å². The lowest BCUT2D eigenvalue weighted by atomic mass is 9.84. The van der Waals surface area contributed by atoms with E-state index in [2.05, 4.69) is 5.32 Å². The molecule has 4 unspecified atom stereocenters. The molecule has 0 aromatic rings. The van der Waals surface area contributed by atoms with E-state index in [0.717, 1.165) is 13.0 Å². The van der Waals surface area contributed by atoms with Crippen molar-refractivity contribution in [2.24, 2.45) is 17.8 Å². The van der Waals surface area contributed by atoms with Crippen LogP contribution < -0.4 is 5.32 Å². The van der Waals surface area contributed by atoms with E-state index in [4.69, 9.17) is 10.2 Å². The number of likely N-dealkylation sites (tertiary alicyclic amines) is 1. The van der Waals surface area contributed by atoms with Gasteiger partial charge >= 0.3 is 11.9 Å². The molecule has 2 saturated heterocycles. The van der Waals surface area contributed by atoms with Crippen molar-refractivity contribution in [3.8, 4) is 0 Å². The summed E-state index contributed by atoms with van der Waals surface area (Å²) in [6, 6.07) is 0.0861. The van der Waals surface area contributed by atoms with Gasteiger partial charge in [-0.2, -0.15) is 0 Å². The largest absolute Gasteiger partial charge is 0.481 e. The van der Waals surface area contributed by atoms with Gasteiger partial charge in [0.1, 0.15) is 0 Å². The van der Waals surface area contributed by atoms with Gasteiger partial charge in [-0.25, -0.2) is 0 Å². The lowest BCUT2D eigenvalue weighted by molar-refractivity contribution is -0.159. The fourth-order valence-corrected chi connectivity index (χ4v) is 3.13. The summed E-state index contributed by atoms with van der Waals surface area (Å²) < 4.78 is 0. The Morgan fingerprint density at radius 1 is 1.05 bits per heavy atom. The first-order valence-corrected chi connectivity index (χ1v) is 6.89. The molecule has 112 valence electrons. The van der Waals surface area contributed by atoms with Gasteiger partial charge in [0.25, 0.3) is 0 Å². The van der Waals surface area contributed by atoms with Crippen LogP contribution in [0.5, 0.6) is 0 Å². The Kier molecular flexibility index (Phi) is 4.27. The van der Waals surface area contributed by atoms with E-state index in [9.17, 15) is 14.4 Å².